The van der Waals surface area contributed by atoms with E-state index in [1.54, 1.807) is 12.1 Å². The van der Waals surface area contributed by atoms with Gasteiger partial charge in [0.05, 0.1) is 5.56 Å². The Balaban J connectivity index is 2.07. The first kappa shape index (κ1) is 12.2. The number of carbonyl (C=O) groups excluding carboxylic acids is 3. The Bertz CT molecular complexity index is 738. The van der Waals surface area contributed by atoms with Crippen LogP contribution in [0.1, 0.15) is 31.1 Å². The largest absolute Gasteiger partial charge is 0.398 e. The van der Waals surface area contributed by atoms with Crippen molar-refractivity contribution in [3.63, 3.8) is 0 Å². The lowest BCUT2D eigenvalue weighted by atomic mass is 9.94. The van der Waals surface area contributed by atoms with E-state index in [2.05, 4.69) is 4.98 Å². The Morgan fingerprint density at radius 2 is 1.75 bits per heavy atom. The van der Waals surface area contributed by atoms with Gasteiger partial charge in [-0.2, -0.15) is 0 Å². The minimum absolute atomic E-state index is 0.157. The van der Waals surface area contributed by atoms with Gasteiger partial charge in [0.25, 0.3) is 0 Å². The second kappa shape index (κ2) is 4.38. The molecule has 0 saturated heterocycles. The number of rotatable bonds is 2. The van der Waals surface area contributed by atoms with Crippen molar-refractivity contribution < 1.29 is 14.4 Å². The fourth-order valence-corrected chi connectivity index (χ4v) is 2.39. The number of fused-ring (bicyclic) bond motifs is 1. The molecule has 0 saturated carbocycles. The van der Waals surface area contributed by atoms with Gasteiger partial charge in [-0.05, 0) is 18.2 Å². The van der Waals surface area contributed by atoms with Crippen molar-refractivity contribution in [2.75, 3.05) is 5.73 Å². The maximum atomic E-state index is 12.3. The number of hydrogen-bond donors (Lipinski definition) is 1. The number of anilines is 1. The average molecular weight is 266 g/mol. The highest BCUT2D eigenvalue weighted by molar-refractivity contribution is 6.39. The summed E-state index contributed by atoms with van der Waals surface area (Å²) in [5, 5.41) is 0. The minimum atomic E-state index is -1.32. The molecule has 1 aromatic carbocycles. The lowest BCUT2D eigenvalue weighted by Crippen LogP contribution is -2.25. The van der Waals surface area contributed by atoms with E-state index in [0.29, 0.717) is 0 Å². The number of carbonyl (C=O) groups is 3. The molecule has 0 amide bonds. The summed E-state index contributed by atoms with van der Waals surface area (Å²) in [5.74, 6) is -2.85. The van der Waals surface area contributed by atoms with Crippen LogP contribution in [0.5, 0.6) is 0 Å². The van der Waals surface area contributed by atoms with Crippen LogP contribution in [-0.4, -0.2) is 22.3 Å². The Morgan fingerprint density at radius 3 is 2.40 bits per heavy atom. The quantitative estimate of drug-likeness (QED) is 0.506. The number of ketones is 3. The van der Waals surface area contributed by atoms with Crippen LogP contribution in [0.3, 0.4) is 0 Å². The van der Waals surface area contributed by atoms with Gasteiger partial charge in [-0.1, -0.05) is 12.1 Å². The van der Waals surface area contributed by atoms with Gasteiger partial charge in [-0.3, -0.25) is 19.4 Å². The number of nitrogens with two attached hydrogens (primary N) is 1. The molecule has 0 aliphatic heterocycles. The summed E-state index contributed by atoms with van der Waals surface area (Å²) >= 11 is 0. The Labute approximate surface area is 114 Å². The molecule has 3 rings (SSSR count). The summed E-state index contributed by atoms with van der Waals surface area (Å²) in [6.07, 6.45) is 2.89. The number of benzene rings is 1. The molecular formula is C15H10N2O3. The number of aromatic nitrogens is 1. The van der Waals surface area contributed by atoms with Crippen LogP contribution in [0.15, 0.2) is 42.7 Å². The van der Waals surface area contributed by atoms with E-state index in [0.717, 1.165) is 0 Å². The first-order valence-electron chi connectivity index (χ1n) is 6.02. The van der Waals surface area contributed by atoms with Crippen LogP contribution < -0.4 is 5.73 Å². The molecule has 0 bridgehead atoms. The summed E-state index contributed by atoms with van der Waals surface area (Å²) in [5.41, 5.74) is 6.63. The van der Waals surface area contributed by atoms with Crippen LogP contribution in [0, 0.1) is 5.92 Å². The van der Waals surface area contributed by atoms with Crippen molar-refractivity contribution >= 4 is 23.0 Å². The SMILES string of the molecule is Nc1cccc2c1C(=O)C(C(=O)c1ccncc1)C2=O. The number of nitrogen functional groups attached to an aromatic ring is 1. The van der Waals surface area contributed by atoms with Crippen molar-refractivity contribution in [1.82, 2.24) is 4.98 Å². The molecule has 2 N–H and O–H groups in total. The Hall–Kier alpha value is -2.82. The summed E-state index contributed by atoms with van der Waals surface area (Å²) in [6.45, 7) is 0. The maximum absolute atomic E-state index is 12.3. The number of hydrogen-bond acceptors (Lipinski definition) is 5. The summed E-state index contributed by atoms with van der Waals surface area (Å²) in [4.78, 5) is 40.7. The van der Waals surface area contributed by atoms with Crippen molar-refractivity contribution in [3.05, 3.63) is 59.4 Å². The third-order valence-corrected chi connectivity index (χ3v) is 3.36. The molecule has 20 heavy (non-hydrogen) atoms. The zero-order valence-corrected chi connectivity index (χ0v) is 10.4. The molecule has 1 heterocycles. The third kappa shape index (κ3) is 1.64. The lowest BCUT2D eigenvalue weighted by molar-refractivity contribution is 0.0756. The average Bonchev–Trinajstić information content (AvgIpc) is 2.72. The number of Topliss-reactive ketones (excluding diaryl/α,β-unsaturated/α-hetero) is 3. The van der Waals surface area contributed by atoms with Crippen LogP contribution >= 0.6 is 0 Å². The Morgan fingerprint density at radius 1 is 1.05 bits per heavy atom. The second-order valence-electron chi connectivity index (χ2n) is 4.53. The molecule has 0 fully saturated rings. The molecule has 2 aromatic rings. The topological polar surface area (TPSA) is 90.1 Å². The molecule has 1 aliphatic carbocycles. The first-order valence-corrected chi connectivity index (χ1v) is 6.02. The van der Waals surface area contributed by atoms with Gasteiger partial charge in [-0.15, -0.1) is 0 Å². The van der Waals surface area contributed by atoms with E-state index in [4.69, 9.17) is 5.73 Å². The molecule has 1 aromatic heterocycles. The second-order valence-corrected chi connectivity index (χ2v) is 4.53. The van der Waals surface area contributed by atoms with Crippen molar-refractivity contribution in [3.8, 4) is 0 Å². The monoisotopic (exact) mass is 266 g/mol. The molecule has 0 spiro atoms. The fourth-order valence-electron chi connectivity index (χ4n) is 2.39. The highest BCUT2D eigenvalue weighted by atomic mass is 16.2. The summed E-state index contributed by atoms with van der Waals surface area (Å²) in [6, 6.07) is 7.62. The van der Waals surface area contributed by atoms with Crippen molar-refractivity contribution in [2.24, 2.45) is 5.92 Å². The van der Waals surface area contributed by atoms with Gasteiger partial charge in [-0.25, -0.2) is 0 Å². The first-order chi connectivity index (χ1) is 9.61. The molecule has 1 atom stereocenters. The molecule has 5 heteroatoms. The van der Waals surface area contributed by atoms with Gasteiger partial charge >= 0.3 is 0 Å². The zero-order valence-electron chi connectivity index (χ0n) is 10.4. The summed E-state index contributed by atoms with van der Waals surface area (Å²) < 4.78 is 0. The van der Waals surface area contributed by atoms with Crippen LogP contribution in [-0.2, 0) is 0 Å². The molecule has 5 nitrogen and oxygen atoms in total. The van der Waals surface area contributed by atoms with Crippen LogP contribution in [0.2, 0.25) is 0 Å². The van der Waals surface area contributed by atoms with Gasteiger partial charge in [0.2, 0.25) is 0 Å². The van der Waals surface area contributed by atoms with Gasteiger partial charge in [0, 0.05) is 29.2 Å². The van der Waals surface area contributed by atoms with E-state index in [-0.39, 0.29) is 22.4 Å². The standard InChI is InChI=1S/C15H10N2O3/c16-10-3-1-2-9-11(10)15(20)12(14(9)19)13(18)8-4-6-17-7-5-8/h1-7,12H,16H2. The predicted octanol–water partition coefficient (Wildman–Crippen LogP) is 1.54. The molecule has 1 unspecified atom stereocenters. The van der Waals surface area contributed by atoms with Gasteiger partial charge < -0.3 is 5.73 Å². The zero-order chi connectivity index (χ0) is 14.3. The smallest absolute Gasteiger partial charge is 0.184 e. The normalized spacial score (nSPS) is 17.1. The lowest BCUT2D eigenvalue weighted by Gasteiger charge is -2.05. The summed E-state index contributed by atoms with van der Waals surface area (Å²) in [7, 11) is 0. The maximum Gasteiger partial charge on any atom is 0.184 e. The van der Waals surface area contributed by atoms with Gasteiger partial charge in [0.15, 0.2) is 17.3 Å². The van der Waals surface area contributed by atoms with E-state index in [9.17, 15) is 14.4 Å². The highest BCUT2D eigenvalue weighted by Crippen LogP contribution is 2.32. The van der Waals surface area contributed by atoms with Crippen LogP contribution in [0.4, 0.5) is 5.69 Å². The van der Waals surface area contributed by atoms with E-state index < -0.39 is 23.3 Å². The molecule has 0 radical (unpaired) electrons. The Kier molecular flexibility index (Phi) is 2.68. The molecular weight excluding hydrogens is 256 g/mol. The van der Waals surface area contributed by atoms with Gasteiger partial charge in [0.1, 0.15) is 5.92 Å². The number of pyridine rings is 1. The number of nitrogens with zero attached hydrogens (tertiary/aromatic N) is 1. The van der Waals surface area contributed by atoms with E-state index in [1.807, 2.05) is 0 Å². The van der Waals surface area contributed by atoms with E-state index >= 15 is 0 Å². The molecule has 98 valence electrons. The fraction of sp³-hybridized carbons (Fsp3) is 0.0667. The van der Waals surface area contributed by atoms with E-state index in [1.165, 1.54) is 30.6 Å². The predicted molar refractivity (Wildman–Crippen MR) is 71.6 cm³/mol. The highest BCUT2D eigenvalue weighted by Gasteiger charge is 2.44. The van der Waals surface area contributed by atoms with Crippen molar-refractivity contribution in [2.45, 2.75) is 0 Å². The third-order valence-electron chi connectivity index (χ3n) is 3.36. The van der Waals surface area contributed by atoms with Crippen LogP contribution in [0.25, 0.3) is 0 Å². The molecule has 1 aliphatic rings. The minimum Gasteiger partial charge on any atom is -0.398 e. The van der Waals surface area contributed by atoms with Crippen molar-refractivity contribution in [1.29, 1.82) is 0 Å².